The summed E-state index contributed by atoms with van der Waals surface area (Å²) in [6.45, 7) is 8.38. The highest BCUT2D eigenvalue weighted by Crippen LogP contribution is 2.14. The molecule has 17 heavy (non-hydrogen) atoms. The SMILES string of the molecule is CCC(N)(CC)CN(C)Cc1ccc(C)cc1. The molecule has 0 unspecified atom stereocenters. The van der Waals surface area contributed by atoms with Crippen LogP contribution < -0.4 is 5.73 Å². The van der Waals surface area contributed by atoms with Crippen molar-refractivity contribution in [1.82, 2.24) is 4.90 Å². The number of hydrogen-bond donors (Lipinski definition) is 1. The van der Waals surface area contributed by atoms with E-state index in [1.165, 1.54) is 11.1 Å². The number of nitrogens with zero attached hydrogens (tertiary/aromatic N) is 1. The summed E-state index contributed by atoms with van der Waals surface area (Å²) in [7, 11) is 2.15. The number of likely N-dealkylation sites (N-methyl/N-ethyl adjacent to an activating group) is 1. The van der Waals surface area contributed by atoms with Crippen molar-refractivity contribution < 1.29 is 0 Å². The average Bonchev–Trinajstić information content (AvgIpc) is 2.32. The summed E-state index contributed by atoms with van der Waals surface area (Å²) in [4.78, 5) is 2.32. The molecule has 0 aliphatic rings. The van der Waals surface area contributed by atoms with Crippen LogP contribution in [0, 0.1) is 6.92 Å². The molecule has 1 rings (SSSR count). The minimum Gasteiger partial charge on any atom is -0.324 e. The molecule has 1 aromatic carbocycles. The van der Waals surface area contributed by atoms with E-state index in [1.807, 2.05) is 0 Å². The lowest BCUT2D eigenvalue weighted by Gasteiger charge is -2.32. The van der Waals surface area contributed by atoms with E-state index in [9.17, 15) is 0 Å². The van der Waals surface area contributed by atoms with E-state index in [1.54, 1.807) is 0 Å². The minimum absolute atomic E-state index is 0.0422. The first-order valence-electron chi connectivity index (χ1n) is 6.52. The second-order valence-electron chi connectivity index (χ2n) is 5.23. The largest absolute Gasteiger partial charge is 0.324 e. The normalized spacial score (nSPS) is 12.1. The van der Waals surface area contributed by atoms with Gasteiger partial charge in [-0.25, -0.2) is 0 Å². The Balaban J connectivity index is 2.54. The van der Waals surface area contributed by atoms with Crippen LogP contribution in [0.4, 0.5) is 0 Å². The van der Waals surface area contributed by atoms with Crippen molar-refractivity contribution >= 4 is 0 Å². The highest BCUT2D eigenvalue weighted by molar-refractivity contribution is 5.21. The van der Waals surface area contributed by atoms with Crippen molar-refractivity contribution in [2.24, 2.45) is 5.73 Å². The van der Waals surface area contributed by atoms with Crippen LogP contribution in [0.25, 0.3) is 0 Å². The molecule has 0 aliphatic carbocycles. The Morgan fingerprint density at radius 3 is 2.12 bits per heavy atom. The molecule has 0 saturated carbocycles. The molecule has 96 valence electrons. The van der Waals surface area contributed by atoms with E-state index in [2.05, 4.69) is 57.0 Å². The van der Waals surface area contributed by atoms with Gasteiger partial charge in [-0.15, -0.1) is 0 Å². The lowest BCUT2D eigenvalue weighted by atomic mass is 9.93. The Morgan fingerprint density at radius 2 is 1.65 bits per heavy atom. The van der Waals surface area contributed by atoms with Gasteiger partial charge in [0.2, 0.25) is 0 Å². The van der Waals surface area contributed by atoms with E-state index >= 15 is 0 Å². The number of aryl methyl sites for hydroxylation is 1. The van der Waals surface area contributed by atoms with Gasteiger partial charge in [0, 0.05) is 18.6 Å². The van der Waals surface area contributed by atoms with Gasteiger partial charge >= 0.3 is 0 Å². The summed E-state index contributed by atoms with van der Waals surface area (Å²) in [5.74, 6) is 0. The van der Waals surface area contributed by atoms with Gasteiger partial charge in [-0.3, -0.25) is 0 Å². The topological polar surface area (TPSA) is 29.3 Å². The standard InChI is InChI=1S/C15H26N2/c1-5-15(16,6-2)12-17(4)11-14-9-7-13(3)8-10-14/h7-10H,5-6,11-12,16H2,1-4H3. The van der Waals surface area contributed by atoms with Gasteiger partial charge in [0.15, 0.2) is 0 Å². The van der Waals surface area contributed by atoms with Gasteiger partial charge in [0.05, 0.1) is 0 Å². The predicted molar refractivity (Wildman–Crippen MR) is 75.0 cm³/mol. The Morgan fingerprint density at radius 1 is 1.12 bits per heavy atom. The molecule has 0 aromatic heterocycles. The van der Waals surface area contributed by atoms with Crippen LogP contribution in [0.5, 0.6) is 0 Å². The summed E-state index contributed by atoms with van der Waals surface area (Å²) in [6.07, 6.45) is 2.06. The Hall–Kier alpha value is -0.860. The summed E-state index contributed by atoms with van der Waals surface area (Å²) >= 11 is 0. The molecule has 2 heteroatoms. The van der Waals surface area contributed by atoms with Gasteiger partial charge < -0.3 is 10.6 Å². The van der Waals surface area contributed by atoms with Gasteiger partial charge in [-0.1, -0.05) is 43.7 Å². The van der Waals surface area contributed by atoms with Gasteiger partial charge in [-0.2, -0.15) is 0 Å². The smallest absolute Gasteiger partial charge is 0.0278 e. The third-order valence-corrected chi connectivity index (χ3v) is 3.57. The molecule has 0 bridgehead atoms. The maximum absolute atomic E-state index is 6.33. The molecular formula is C15H26N2. The Labute approximate surface area is 106 Å². The average molecular weight is 234 g/mol. The lowest BCUT2D eigenvalue weighted by molar-refractivity contribution is 0.228. The number of nitrogens with two attached hydrogens (primary N) is 1. The molecule has 0 amide bonds. The fourth-order valence-corrected chi connectivity index (χ4v) is 2.07. The fraction of sp³-hybridized carbons (Fsp3) is 0.600. The van der Waals surface area contributed by atoms with Crippen molar-refractivity contribution in [2.75, 3.05) is 13.6 Å². The van der Waals surface area contributed by atoms with Crippen molar-refractivity contribution in [3.8, 4) is 0 Å². The van der Waals surface area contributed by atoms with Gasteiger partial charge in [-0.05, 0) is 32.4 Å². The molecule has 0 spiro atoms. The van der Waals surface area contributed by atoms with Gasteiger partial charge in [0.25, 0.3) is 0 Å². The number of benzene rings is 1. The first kappa shape index (κ1) is 14.2. The third-order valence-electron chi connectivity index (χ3n) is 3.57. The Bertz CT molecular complexity index is 325. The predicted octanol–water partition coefficient (Wildman–Crippen LogP) is 2.94. The molecule has 2 nitrogen and oxygen atoms in total. The first-order chi connectivity index (χ1) is 7.99. The van der Waals surface area contributed by atoms with Crippen molar-refractivity contribution in [3.05, 3.63) is 35.4 Å². The molecule has 0 heterocycles. The fourth-order valence-electron chi connectivity index (χ4n) is 2.07. The monoisotopic (exact) mass is 234 g/mol. The summed E-state index contributed by atoms with van der Waals surface area (Å²) < 4.78 is 0. The zero-order chi connectivity index (χ0) is 12.9. The van der Waals surface area contributed by atoms with Crippen LogP contribution in [0.3, 0.4) is 0 Å². The molecule has 0 radical (unpaired) electrons. The molecule has 1 aromatic rings. The van der Waals surface area contributed by atoms with E-state index in [0.717, 1.165) is 25.9 Å². The first-order valence-corrected chi connectivity index (χ1v) is 6.52. The maximum Gasteiger partial charge on any atom is 0.0278 e. The zero-order valence-electron chi connectivity index (χ0n) is 11.7. The van der Waals surface area contributed by atoms with Crippen LogP contribution in [-0.4, -0.2) is 24.0 Å². The van der Waals surface area contributed by atoms with Crippen LogP contribution in [-0.2, 0) is 6.54 Å². The maximum atomic E-state index is 6.33. The highest BCUT2D eigenvalue weighted by Gasteiger charge is 2.21. The van der Waals surface area contributed by atoms with Crippen molar-refractivity contribution in [2.45, 2.75) is 45.7 Å². The minimum atomic E-state index is -0.0422. The highest BCUT2D eigenvalue weighted by atomic mass is 15.1. The zero-order valence-corrected chi connectivity index (χ0v) is 11.7. The van der Waals surface area contributed by atoms with Crippen molar-refractivity contribution in [1.29, 1.82) is 0 Å². The van der Waals surface area contributed by atoms with Gasteiger partial charge in [0.1, 0.15) is 0 Å². The molecular weight excluding hydrogens is 208 g/mol. The third kappa shape index (κ3) is 4.49. The second-order valence-corrected chi connectivity index (χ2v) is 5.23. The molecule has 0 saturated heterocycles. The van der Waals surface area contributed by atoms with E-state index in [4.69, 9.17) is 5.73 Å². The van der Waals surface area contributed by atoms with Crippen LogP contribution in [0.15, 0.2) is 24.3 Å². The summed E-state index contributed by atoms with van der Waals surface area (Å²) in [6, 6.07) is 8.72. The molecule has 2 N–H and O–H groups in total. The molecule has 0 atom stereocenters. The van der Waals surface area contributed by atoms with Crippen LogP contribution in [0.1, 0.15) is 37.8 Å². The van der Waals surface area contributed by atoms with Crippen LogP contribution >= 0.6 is 0 Å². The lowest BCUT2D eigenvalue weighted by Crippen LogP contribution is -2.48. The Kier molecular flexibility index (Phi) is 5.16. The summed E-state index contributed by atoms with van der Waals surface area (Å²) in [5, 5.41) is 0. The van der Waals surface area contributed by atoms with Crippen LogP contribution in [0.2, 0.25) is 0 Å². The second kappa shape index (κ2) is 6.18. The summed E-state index contributed by atoms with van der Waals surface area (Å²) in [5.41, 5.74) is 8.96. The molecule has 0 fully saturated rings. The molecule has 0 aliphatic heterocycles. The van der Waals surface area contributed by atoms with Crippen molar-refractivity contribution in [3.63, 3.8) is 0 Å². The van der Waals surface area contributed by atoms with E-state index in [0.29, 0.717) is 0 Å². The quantitative estimate of drug-likeness (QED) is 0.820. The number of hydrogen-bond acceptors (Lipinski definition) is 2. The number of rotatable bonds is 6. The van der Waals surface area contributed by atoms with E-state index < -0.39 is 0 Å². The van der Waals surface area contributed by atoms with E-state index in [-0.39, 0.29) is 5.54 Å².